The van der Waals surface area contributed by atoms with Crippen LogP contribution in [0, 0.1) is 0 Å². The van der Waals surface area contributed by atoms with E-state index in [1.54, 1.807) is 12.1 Å². The van der Waals surface area contributed by atoms with Gasteiger partial charge in [0.1, 0.15) is 0 Å². The maximum Gasteiger partial charge on any atom is 0.198 e. The average molecular weight is 217 g/mol. The van der Waals surface area contributed by atoms with Gasteiger partial charge in [-0.25, -0.2) is 0 Å². The molecule has 1 heterocycles. The molecule has 0 saturated carbocycles. The molecule has 0 fully saturated rings. The summed E-state index contributed by atoms with van der Waals surface area (Å²) < 4.78 is 5.67. The zero-order valence-corrected chi connectivity index (χ0v) is 7.85. The molecular weight excluding hydrogens is 208 g/mol. The molecule has 0 saturated heterocycles. The molecule has 0 N–H and O–H groups in total. The van der Waals surface area contributed by atoms with Crippen molar-refractivity contribution in [3.8, 4) is 0 Å². The molecule has 0 amide bonds. The van der Waals surface area contributed by atoms with E-state index in [-0.39, 0.29) is 5.78 Å². The zero-order valence-electron chi connectivity index (χ0n) is 6.26. The Morgan fingerprint density at radius 1 is 1.64 bits per heavy atom. The van der Waals surface area contributed by atoms with Crippen molar-refractivity contribution in [1.82, 2.24) is 0 Å². The molecule has 0 atom stereocenters. The van der Waals surface area contributed by atoms with E-state index in [2.05, 4.69) is 15.9 Å². The third-order valence-electron chi connectivity index (χ3n) is 1.33. The van der Waals surface area contributed by atoms with Crippen molar-refractivity contribution in [3.05, 3.63) is 22.6 Å². The lowest BCUT2D eigenvalue weighted by molar-refractivity contribution is 0.0953. The number of ketones is 1. The predicted octanol–water partition coefficient (Wildman–Crippen LogP) is 3.02. The standard InChI is InChI=1S/C8H9BrO2/c1-2-3-6(10)7-4-5-8(9)11-7/h4-5H,2-3H2,1H3. The van der Waals surface area contributed by atoms with Gasteiger partial charge in [0.15, 0.2) is 16.2 Å². The van der Waals surface area contributed by atoms with E-state index < -0.39 is 0 Å². The van der Waals surface area contributed by atoms with E-state index in [0.717, 1.165) is 6.42 Å². The van der Waals surface area contributed by atoms with Crippen LogP contribution in [-0.4, -0.2) is 5.78 Å². The van der Waals surface area contributed by atoms with Crippen molar-refractivity contribution in [2.24, 2.45) is 0 Å². The van der Waals surface area contributed by atoms with E-state index >= 15 is 0 Å². The highest BCUT2D eigenvalue weighted by atomic mass is 79.9. The third-order valence-corrected chi connectivity index (χ3v) is 1.75. The molecule has 0 aromatic carbocycles. The van der Waals surface area contributed by atoms with E-state index in [4.69, 9.17) is 4.42 Å². The third kappa shape index (κ3) is 2.19. The van der Waals surface area contributed by atoms with Crippen molar-refractivity contribution in [1.29, 1.82) is 0 Å². The lowest BCUT2D eigenvalue weighted by Gasteiger charge is -1.90. The minimum absolute atomic E-state index is 0.0678. The molecule has 11 heavy (non-hydrogen) atoms. The van der Waals surface area contributed by atoms with E-state index in [1.807, 2.05) is 6.92 Å². The summed E-state index contributed by atoms with van der Waals surface area (Å²) in [6.07, 6.45) is 1.41. The number of hydrogen-bond acceptors (Lipinski definition) is 2. The summed E-state index contributed by atoms with van der Waals surface area (Å²) in [7, 11) is 0. The highest BCUT2D eigenvalue weighted by Crippen LogP contribution is 2.15. The molecule has 0 aliphatic heterocycles. The summed E-state index contributed by atoms with van der Waals surface area (Å²) in [4.78, 5) is 11.1. The first kappa shape index (κ1) is 8.53. The summed E-state index contributed by atoms with van der Waals surface area (Å²) in [5.41, 5.74) is 0. The fourth-order valence-corrected chi connectivity index (χ4v) is 1.12. The summed E-state index contributed by atoms with van der Waals surface area (Å²) in [5, 5.41) is 0. The number of rotatable bonds is 3. The normalized spacial score (nSPS) is 10.0. The molecule has 0 aliphatic carbocycles. The molecule has 60 valence electrons. The van der Waals surface area contributed by atoms with Crippen LogP contribution in [0.2, 0.25) is 0 Å². The summed E-state index contributed by atoms with van der Waals surface area (Å²) in [6, 6.07) is 3.41. The molecule has 0 spiro atoms. The molecule has 1 rings (SSSR count). The van der Waals surface area contributed by atoms with Gasteiger partial charge >= 0.3 is 0 Å². The van der Waals surface area contributed by atoms with Crippen LogP contribution in [0.1, 0.15) is 30.3 Å². The van der Waals surface area contributed by atoms with Crippen LogP contribution in [-0.2, 0) is 0 Å². The monoisotopic (exact) mass is 216 g/mol. The Morgan fingerprint density at radius 2 is 2.36 bits per heavy atom. The number of Topliss-reactive ketones (excluding diaryl/α,β-unsaturated/α-hetero) is 1. The molecule has 1 aromatic heterocycles. The lowest BCUT2D eigenvalue weighted by Crippen LogP contribution is -1.94. The van der Waals surface area contributed by atoms with Gasteiger partial charge < -0.3 is 4.42 Å². The van der Waals surface area contributed by atoms with Crippen LogP contribution in [0.5, 0.6) is 0 Å². The lowest BCUT2D eigenvalue weighted by atomic mass is 10.2. The molecule has 3 heteroatoms. The van der Waals surface area contributed by atoms with Gasteiger partial charge in [0, 0.05) is 6.42 Å². The van der Waals surface area contributed by atoms with Crippen molar-refractivity contribution in [3.63, 3.8) is 0 Å². The molecular formula is C8H9BrO2. The highest BCUT2D eigenvalue weighted by Gasteiger charge is 2.07. The fraction of sp³-hybridized carbons (Fsp3) is 0.375. The number of carbonyl (C=O) groups excluding carboxylic acids is 1. The van der Waals surface area contributed by atoms with E-state index in [1.165, 1.54) is 0 Å². The Bertz CT molecular complexity index is 252. The fourth-order valence-electron chi connectivity index (χ4n) is 0.814. The molecule has 0 aliphatic rings. The first-order valence-electron chi connectivity index (χ1n) is 3.52. The Balaban J connectivity index is 2.69. The Morgan fingerprint density at radius 3 is 2.82 bits per heavy atom. The van der Waals surface area contributed by atoms with Gasteiger partial charge in [0.05, 0.1) is 0 Å². The number of halogens is 1. The highest BCUT2D eigenvalue weighted by molar-refractivity contribution is 9.10. The predicted molar refractivity (Wildman–Crippen MR) is 45.6 cm³/mol. The Labute approximate surface area is 73.7 Å². The van der Waals surface area contributed by atoms with Crippen molar-refractivity contribution in [2.75, 3.05) is 0 Å². The van der Waals surface area contributed by atoms with Gasteiger partial charge in [-0.1, -0.05) is 6.92 Å². The van der Waals surface area contributed by atoms with Gasteiger partial charge in [-0.3, -0.25) is 4.79 Å². The minimum atomic E-state index is 0.0678. The summed E-state index contributed by atoms with van der Waals surface area (Å²) in [6.45, 7) is 1.97. The molecule has 0 unspecified atom stereocenters. The maximum atomic E-state index is 11.1. The van der Waals surface area contributed by atoms with Crippen LogP contribution in [0.4, 0.5) is 0 Å². The van der Waals surface area contributed by atoms with Crippen LogP contribution in [0.15, 0.2) is 21.2 Å². The van der Waals surface area contributed by atoms with Crippen LogP contribution in [0.3, 0.4) is 0 Å². The summed E-state index contributed by atoms with van der Waals surface area (Å²) in [5.74, 6) is 0.511. The van der Waals surface area contributed by atoms with Crippen LogP contribution in [0.25, 0.3) is 0 Å². The topological polar surface area (TPSA) is 30.2 Å². The van der Waals surface area contributed by atoms with Crippen LogP contribution < -0.4 is 0 Å². The quantitative estimate of drug-likeness (QED) is 0.728. The molecule has 1 aromatic rings. The second kappa shape index (κ2) is 3.72. The average Bonchev–Trinajstić information content (AvgIpc) is 2.36. The van der Waals surface area contributed by atoms with Crippen molar-refractivity contribution in [2.45, 2.75) is 19.8 Å². The SMILES string of the molecule is CCCC(=O)c1ccc(Br)o1. The number of furan rings is 1. The van der Waals surface area contributed by atoms with Gasteiger partial charge in [-0.15, -0.1) is 0 Å². The smallest absolute Gasteiger partial charge is 0.198 e. The first-order valence-corrected chi connectivity index (χ1v) is 4.32. The van der Waals surface area contributed by atoms with E-state index in [9.17, 15) is 4.79 Å². The van der Waals surface area contributed by atoms with Gasteiger partial charge in [-0.2, -0.15) is 0 Å². The van der Waals surface area contributed by atoms with Crippen molar-refractivity contribution >= 4 is 21.7 Å². The van der Waals surface area contributed by atoms with E-state index in [0.29, 0.717) is 16.9 Å². The Kier molecular flexibility index (Phi) is 2.88. The second-order valence-corrected chi connectivity index (χ2v) is 3.06. The van der Waals surface area contributed by atoms with Gasteiger partial charge in [-0.05, 0) is 34.5 Å². The summed E-state index contributed by atoms with van der Waals surface area (Å²) >= 11 is 3.13. The second-order valence-electron chi connectivity index (χ2n) is 2.28. The van der Waals surface area contributed by atoms with Crippen LogP contribution >= 0.6 is 15.9 Å². The van der Waals surface area contributed by atoms with Crippen molar-refractivity contribution < 1.29 is 9.21 Å². The molecule has 0 radical (unpaired) electrons. The molecule has 0 bridgehead atoms. The minimum Gasteiger partial charge on any atom is -0.446 e. The largest absolute Gasteiger partial charge is 0.446 e. The maximum absolute atomic E-state index is 11.1. The Hall–Kier alpha value is -0.570. The number of hydrogen-bond donors (Lipinski definition) is 0. The van der Waals surface area contributed by atoms with Gasteiger partial charge in [0.25, 0.3) is 0 Å². The zero-order chi connectivity index (χ0) is 8.27. The first-order chi connectivity index (χ1) is 5.24. The number of carbonyl (C=O) groups is 1. The molecule has 2 nitrogen and oxygen atoms in total. The van der Waals surface area contributed by atoms with Gasteiger partial charge in [0.2, 0.25) is 0 Å².